The molecule has 0 bridgehead atoms. The van der Waals surface area contributed by atoms with Crippen LogP contribution < -0.4 is 5.32 Å². The monoisotopic (exact) mass is 281 g/mol. The highest BCUT2D eigenvalue weighted by Gasteiger charge is 2.33. The molecule has 3 rings (SSSR count). The number of carbonyl (C=O) groups excluding carboxylic acids is 1. The molecular weight excluding hydrogens is 271 g/mol. The van der Waals surface area contributed by atoms with Crippen molar-refractivity contribution in [3.8, 4) is 0 Å². The fraction of sp³-hybridized carbons (Fsp3) is 0.231. The first-order valence-electron chi connectivity index (χ1n) is 5.95. The van der Waals surface area contributed by atoms with Crippen LogP contribution in [0.4, 0.5) is 13.2 Å². The molecule has 1 aromatic heterocycles. The number of carbonyl (C=O) groups is 1. The highest BCUT2D eigenvalue weighted by Crippen LogP contribution is 2.32. The molecule has 1 amide bonds. The number of halogens is 3. The Balaban J connectivity index is 1.97. The normalized spacial score (nSPS) is 14.2. The number of fused-ring (bicyclic) bond motifs is 1. The van der Waals surface area contributed by atoms with E-state index in [9.17, 15) is 18.0 Å². The third-order valence-corrected chi connectivity index (χ3v) is 3.25. The summed E-state index contributed by atoms with van der Waals surface area (Å²) in [6.45, 7) is 0.280. The van der Waals surface area contributed by atoms with Gasteiger partial charge in [0.15, 0.2) is 0 Å². The van der Waals surface area contributed by atoms with Crippen LogP contribution in [0.25, 0.3) is 0 Å². The predicted molar refractivity (Wildman–Crippen MR) is 63.9 cm³/mol. The van der Waals surface area contributed by atoms with Crippen molar-refractivity contribution in [1.82, 2.24) is 15.1 Å². The third kappa shape index (κ3) is 2.04. The molecule has 0 aliphatic carbocycles. The summed E-state index contributed by atoms with van der Waals surface area (Å²) in [5.74, 6) is -0.240. The van der Waals surface area contributed by atoms with E-state index in [1.807, 2.05) is 0 Å². The summed E-state index contributed by atoms with van der Waals surface area (Å²) in [5.41, 5.74) is 0.494. The van der Waals surface area contributed by atoms with Gasteiger partial charge in [-0.3, -0.25) is 9.48 Å². The van der Waals surface area contributed by atoms with Gasteiger partial charge >= 0.3 is 6.18 Å². The second-order valence-corrected chi connectivity index (χ2v) is 4.50. The molecule has 20 heavy (non-hydrogen) atoms. The van der Waals surface area contributed by atoms with Gasteiger partial charge in [-0.15, -0.1) is 0 Å². The molecule has 0 saturated carbocycles. The van der Waals surface area contributed by atoms with Crippen molar-refractivity contribution in [2.45, 2.75) is 19.3 Å². The Morgan fingerprint density at radius 1 is 1.30 bits per heavy atom. The quantitative estimate of drug-likeness (QED) is 0.917. The maximum absolute atomic E-state index is 12.9. The Morgan fingerprint density at radius 2 is 2.05 bits per heavy atom. The maximum Gasteiger partial charge on any atom is 0.416 e. The number of hydrogen-bond donors (Lipinski definition) is 1. The molecule has 104 valence electrons. The van der Waals surface area contributed by atoms with Crippen LogP contribution >= 0.6 is 0 Å². The molecule has 0 radical (unpaired) electrons. The van der Waals surface area contributed by atoms with Crippen LogP contribution in [-0.2, 0) is 19.3 Å². The van der Waals surface area contributed by atoms with E-state index >= 15 is 0 Å². The molecule has 1 aromatic carbocycles. The molecule has 1 aliphatic rings. The Kier molecular flexibility index (Phi) is 2.77. The summed E-state index contributed by atoms with van der Waals surface area (Å²) in [6.07, 6.45) is -3.02. The van der Waals surface area contributed by atoms with Gasteiger partial charge in [-0.2, -0.15) is 18.3 Å². The fourth-order valence-corrected chi connectivity index (χ4v) is 2.28. The van der Waals surface area contributed by atoms with E-state index in [-0.39, 0.29) is 18.0 Å². The van der Waals surface area contributed by atoms with Crippen molar-refractivity contribution >= 4 is 5.91 Å². The van der Waals surface area contributed by atoms with Crippen molar-refractivity contribution < 1.29 is 18.0 Å². The lowest BCUT2D eigenvalue weighted by Crippen LogP contribution is -2.16. The third-order valence-electron chi connectivity index (χ3n) is 3.25. The summed E-state index contributed by atoms with van der Waals surface area (Å²) in [7, 11) is 0. The molecule has 1 aliphatic heterocycles. The van der Waals surface area contributed by atoms with Crippen molar-refractivity contribution in [3.05, 3.63) is 52.8 Å². The minimum absolute atomic E-state index is 0.0139. The first-order chi connectivity index (χ1) is 9.47. The Hall–Kier alpha value is -2.31. The van der Waals surface area contributed by atoms with Gasteiger partial charge in [0.1, 0.15) is 0 Å². The number of amides is 1. The number of nitrogens with one attached hydrogen (secondary N) is 1. The highest BCUT2D eigenvalue weighted by atomic mass is 19.4. The molecule has 0 fully saturated rings. The average Bonchev–Trinajstić information content (AvgIpc) is 2.94. The topological polar surface area (TPSA) is 46.9 Å². The van der Waals surface area contributed by atoms with Gasteiger partial charge in [0.05, 0.1) is 36.1 Å². The number of nitrogens with zero attached hydrogens (tertiary/aromatic N) is 2. The van der Waals surface area contributed by atoms with Crippen molar-refractivity contribution in [3.63, 3.8) is 0 Å². The molecule has 2 heterocycles. The van der Waals surface area contributed by atoms with Gasteiger partial charge < -0.3 is 5.32 Å². The molecule has 0 atom stereocenters. The molecule has 1 N–H and O–H groups in total. The van der Waals surface area contributed by atoms with Crippen LogP contribution in [0.3, 0.4) is 0 Å². The van der Waals surface area contributed by atoms with E-state index in [2.05, 4.69) is 10.4 Å². The van der Waals surface area contributed by atoms with E-state index in [1.54, 1.807) is 6.07 Å². The summed E-state index contributed by atoms with van der Waals surface area (Å²) in [6, 6.07) is 5.37. The maximum atomic E-state index is 12.9. The van der Waals surface area contributed by atoms with Crippen LogP contribution in [0, 0.1) is 0 Å². The lowest BCUT2D eigenvalue weighted by Gasteiger charge is -2.13. The van der Waals surface area contributed by atoms with Crippen LogP contribution in [0.15, 0.2) is 30.5 Å². The summed E-state index contributed by atoms with van der Waals surface area (Å²) >= 11 is 0. The molecule has 7 heteroatoms. The fourth-order valence-electron chi connectivity index (χ4n) is 2.28. The minimum atomic E-state index is -4.40. The van der Waals surface area contributed by atoms with Crippen LogP contribution in [0.2, 0.25) is 0 Å². The second kappa shape index (κ2) is 4.36. The van der Waals surface area contributed by atoms with Gasteiger partial charge in [0, 0.05) is 0 Å². The van der Waals surface area contributed by atoms with Crippen molar-refractivity contribution in [2.24, 2.45) is 0 Å². The smallest absolute Gasteiger partial charge is 0.346 e. The van der Waals surface area contributed by atoms with Gasteiger partial charge in [-0.25, -0.2) is 0 Å². The van der Waals surface area contributed by atoms with Gasteiger partial charge in [-0.05, 0) is 11.6 Å². The average molecular weight is 281 g/mol. The largest absolute Gasteiger partial charge is 0.416 e. The van der Waals surface area contributed by atoms with Crippen LogP contribution in [0.1, 0.15) is 27.2 Å². The van der Waals surface area contributed by atoms with Gasteiger partial charge in [0.2, 0.25) is 0 Å². The van der Waals surface area contributed by atoms with Gasteiger partial charge in [0.25, 0.3) is 5.91 Å². The summed E-state index contributed by atoms with van der Waals surface area (Å²) in [5, 5.41) is 6.61. The standard InChI is InChI=1S/C13H10F3N3O/c14-13(15,16)10-4-2-1-3-8(10)7-19-11-6-17-12(20)9(11)5-18-19/h1-5H,6-7H2,(H,17,20). The summed E-state index contributed by atoms with van der Waals surface area (Å²) in [4.78, 5) is 11.4. The van der Waals surface area contributed by atoms with E-state index in [4.69, 9.17) is 0 Å². The Morgan fingerprint density at radius 3 is 2.80 bits per heavy atom. The molecule has 0 unspecified atom stereocenters. The molecule has 0 saturated heterocycles. The van der Waals surface area contributed by atoms with E-state index in [1.165, 1.54) is 23.0 Å². The Labute approximate surface area is 112 Å². The molecular formula is C13H10F3N3O. The molecule has 2 aromatic rings. The van der Waals surface area contributed by atoms with Crippen LogP contribution in [-0.4, -0.2) is 15.7 Å². The zero-order valence-corrected chi connectivity index (χ0v) is 10.2. The van der Waals surface area contributed by atoms with E-state index in [0.29, 0.717) is 17.8 Å². The van der Waals surface area contributed by atoms with Crippen molar-refractivity contribution in [1.29, 1.82) is 0 Å². The minimum Gasteiger partial charge on any atom is -0.346 e. The summed E-state index contributed by atoms with van der Waals surface area (Å²) < 4.78 is 40.2. The number of benzene rings is 1. The second-order valence-electron chi connectivity index (χ2n) is 4.50. The lowest BCUT2D eigenvalue weighted by atomic mass is 10.1. The van der Waals surface area contributed by atoms with E-state index < -0.39 is 11.7 Å². The number of aromatic nitrogens is 2. The zero-order chi connectivity index (χ0) is 14.3. The first kappa shape index (κ1) is 12.7. The molecule has 4 nitrogen and oxygen atoms in total. The Bertz CT molecular complexity index is 676. The zero-order valence-electron chi connectivity index (χ0n) is 10.2. The predicted octanol–water partition coefficient (Wildman–Crippen LogP) is 2.19. The SMILES string of the molecule is O=C1NCc2c1cnn2Cc1ccccc1C(F)(F)F. The van der Waals surface area contributed by atoms with Crippen molar-refractivity contribution in [2.75, 3.05) is 0 Å². The highest BCUT2D eigenvalue weighted by molar-refractivity contribution is 5.97. The van der Waals surface area contributed by atoms with Crippen LogP contribution in [0.5, 0.6) is 0 Å². The first-order valence-corrected chi connectivity index (χ1v) is 5.95. The van der Waals surface area contributed by atoms with E-state index in [0.717, 1.165) is 6.07 Å². The lowest BCUT2D eigenvalue weighted by molar-refractivity contribution is -0.138. The number of rotatable bonds is 2. The molecule has 0 spiro atoms. The number of hydrogen-bond acceptors (Lipinski definition) is 2. The van der Waals surface area contributed by atoms with Gasteiger partial charge in [-0.1, -0.05) is 18.2 Å². The number of alkyl halides is 3.